The van der Waals surface area contributed by atoms with Crippen LogP contribution < -0.4 is 14.4 Å². The van der Waals surface area contributed by atoms with E-state index in [4.69, 9.17) is 9.47 Å². The van der Waals surface area contributed by atoms with Crippen molar-refractivity contribution in [2.45, 2.75) is 63.1 Å². The van der Waals surface area contributed by atoms with Crippen LogP contribution in [-0.2, 0) is 12.4 Å². The first-order chi connectivity index (χ1) is 15.9. The molecule has 2 saturated heterocycles. The van der Waals surface area contributed by atoms with Crippen LogP contribution in [0.1, 0.15) is 43.7 Å². The van der Waals surface area contributed by atoms with Crippen molar-refractivity contribution in [2.75, 3.05) is 11.5 Å². The number of anilines is 1. The summed E-state index contributed by atoms with van der Waals surface area (Å²) < 4.78 is 89.7. The number of ether oxygens (including phenoxy) is 2. The Morgan fingerprint density at radius 2 is 1.59 bits per heavy atom. The molecule has 3 atom stereocenters. The van der Waals surface area contributed by atoms with Gasteiger partial charge in [0.15, 0.2) is 11.5 Å². The number of nitrogens with zero attached hydrogens (tertiary/aromatic N) is 2. The second-order valence-corrected chi connectivity index (χ2v) is 8.81. The molecule has 1 unspecified atom stereocenters. The molecule has 0 aliphatic carbocycles. The monoisotopic (exact) mass is 486 g/mol. The van der Waals surface area contributed by atoms with Crippen LogP contribution in [0, 0.1) is 0 Å². The largest absolute Gasteiger partial charge is 0.486 e. The Bertz CT molecular complexity index is 1020. The van der Waals surface area contributed by atoms with Crippen LogP contribution in [0.15, 0.2) is 48.7 Å². The second-order valence-electron chi connectivity index (χ2n) is 8.81. The summed E-state index contributed by atoms with van der Waals surface area (Å²) in [5.74, 6) is 0.704. The summed E-state index contributed by atoms with van der Waals surface area (Å²) >= 11 is 0. The molecule has 0 N–H and O–H groups in total. The molecule has 10 heteroatoms. The predicted molar refractivity (Wildman–Crippen MR) is 114 cm³/mol. The van der Waals surface area contributed by atoms with E-state index in [1.165, 1.54) is 12.1 Å². The molecule has 2 aromatic rings. The van der Waals surface area contributed by atoms with Gasteiger partial charge in [-0.3, -0.25) is 0 Å². The van der Waals surface area contributed by atoms with Crippen LogP contribution in [0.25, 0.3) is 0 Å². The minimum Gasteiger partial charge on any atom is -0.486 e. The molecule has 0 saturated carbocycles. The van der Waals surface area contributed by atoms with Crippen LogP contribution >= 0.6 is 0 Å². The van der Waals surface area contributed by atoms with E-state index in [9.17, 15) is 26.3 Å². The average molecular weight is 486 g/mol. The predicted octanol–water partition coefficient (Wildman–Crippen LogP) is 6.65. The topological polar surface area (TPSA) is 34.6 Å². The molecule has 34 heavy (non-hydrogen) atoms. The van der Waals surface area contributed by atoms with Crippen molar-refractivity contribution < 1.29 is 35.8 Å². The van der Waals surface area contributed by atoms with Gasteiger partial charge in [0.2, 0.25) is 0 Å². The number of fused-ring (bicyclic) bond motifs is 2. The molecule has 1 aromatic heterocycles. The Morgan fingerprint density at radius 1 is 0.971 bits per heavy atom. The fourth-order valence-electron chi connectivity index (χ4n) is 4.58. The second kappa shape index (κ2) is 9.03. The SMILES string of the molecule is C=C(C)COc1cc(C(F)(F)F)ccc1OC1C[C@H]2CC[C@@H](C1)N2c1ccc(C(F)(F)F)cn1. The van der Waals surface area contributed by atoms with Crippen molar-refractivity contribution in [3.63, 3.8) is 0 Å². The van der Waals surface area contributed by atoms with Crippen LogP contribution in [0.3, 0.4) is 0 Å². The summed E-state index contributed by atoms with van der Waals surface area (Å²) in [7, 11) is 0. The van der Waals surface area contributed by atoms with Crippen LogP contribution in [0.4, 0.5) is 32.2 Å². The molecule has 2 aliphatic heterocycles. The van der Waals surface area contributed by atoms with E-state index in [-0.39, 0.29) is 36.3 Å². The first kappa shape index (κ1) is 24.2. The highest BCUT2D eigenvalue weighted by Crippen LogP contribution is 2.42. The lowest BCUT2D eigenvalue weighted by atomic mass is 9.99. The van der Waals surface area contributed by atoms with Gasteiger partial charge in [0, 0.05) is 31.1 Å². The number of aromatic nitrogens is 1. The van der Waals surface area contributed by atoms with Gasteiger partial charge in [-0.1, -0.05) is 6.58 Å². The Balaban J connectivity index is 1.49. The van der Waals surface area contributed by atoms with Crippen molar-refractivity contribution in [3.05, 3.63) is 59.8 Å². The zero-order chi connectivity index (χ0) is 24.7. The van der Waals surface area contributed by atoms with Crippen molar-refractivity contribution in [1.29, 1.82) is 0 Å². The van der Waals surface area contributed by atoms with E-state index in [1.54, 1.807) is 6.92 Å². The van der Waals surface area contributed by atoms with Crippen LogP contribution in [-0.4, -0.2) is 29.8 Å². The summed E-state index contributed by atoms with van der Waals surface area (Å²) in [5.41, 5.74) is -0.981. The molecule has 4 rings (SSSR count). The smallest absolute Gasteiger partial charge is 0.417 e. The molecule has 0 radical (unpaired) electrons. The van der Waals surface area contributed by atoms with Crippen molar-refractivity contribution in [2.24, 2.45) is 0 Å². The van der Waals surface area contributed by atoms with Gasteiger partial charge < -0.3 is 14.4 Å². The van der Waals surface area contributed by atoms with Gasteiger partial charge in [-0.25, -0.2) is 4.98 Å². The maximum atomic E-state index is 13.2. The quantitative estimate of drug-likeness (QED) is 0.338. The number of hydrogen-bond donors (Lipinski definition) is 0. The highest BCUT2D eigenvalue weighted by atomic mass is 19.4. The van der Waals surface area contributed by atoms with Gasteiger partial charge in [-0.05, 0) is 55.7 Å². The Kier molecular flexibility index (Phi) is 6.44. The zero-order valence-electron chi connectivity index (χ0n) is 18.4. The summed E-state index contributed by atoms with van der Waals surface area (Å²) in [5, 5.41) is 0. The third kappa shape index (κ3) is 5.26. The fourth-order valence-corrected chi connectivity index (χ4v) is 4.58. The van der Waals surface area contributed by atoms with Gasteiger partial charge in [0.05, 0.1) is 11.1 Å². The highest BCUT2D eigenvalue weighted by Gasteiger charge is 2.43. The van der Waals surface area contributed by atoms with Gasteiger partial charge in [0.1, 0.15) is 18.5 Å². The first-order valence-corrected chi connectivity index (χ1v) is 10.9. The van der Waals surface area contributed by atoms with E-state index >= 15 is 0 Å². The van der Waals surface area contributed by atoms with Gasteiger partial charge >= 0.3 is 12.4 Å². The molecule has 184 valence electrons. The first-order valence-electron chi connectivity index (χ1n) is 10.9. The number of hydrogen-bond acceptors (Lipinski definition) is 4. The normalized spacial score (nSPS) is 22.6. The molecule has 3 heterocycles. The molecular weight excluding hydrogens is 462 g/mol. The van der Waals surface area contributed by atoms with E-state index in [0.717, 1.165) is 37.2 Å². The molecule has 0 spiro atoms. The number of benzene rings is 1. The van der Waals surface area contributed by atoms with E-state index in [1.807, 2.05) is 4.90 Å². The number of piperidine rings is 1. The highest BCUT2D eigenvalue weighted by molar-refractivity contribution is 5.46. The Hall–Kier alpha value is -2.91. The van der Waals surface area contributed by atoms with Crippen molar-refractivity contribution >= 4 is 5.82 Å². The average Bonchev–Trinajstić information content (AvgIpc) is 3.02. The van der Waals surface area contributed by atoms with Crippen molar-refractivity contribution in [1.82, 2.24) is 4.98 Å². The summed E-state index contributed by atoms with van der Waals surface area (Å²) in [6.45, 7) is 5.47. The lowest BCUT2D eigenvalue weighted by Gasteiger charge is -2.39. The molecule has 2 bridgehead atoms. The number of rotatable bonds is 6. The summed E-state index contributed by atoms with van der Waals surface area (Å²) in [4.78, 5) is 6.07. The maximum absolute atomic E-state index is 13.2. The number of pyridine rings is 1. The van der Waals surface area contributed by atoms with E-state index < -0.39 is 23.5 Å². The minimum atomic E-state index is -4.51. The molecule has 0 amide bonds. The zero-order valence-corrected chi connectivity index (χ0v) is 18.4. The lowest BCUT2D eigenvalue weighted by Crippen LogP contribution is -2.46. The Morgan fingerprint density at radius 3 is 2.12 bits per heavy atom. The molecule has 4 nitrogen and oxygen atoms in total. The van der Waals surface area contributed by atoms with Crippen LogP contribution in [0.2, 0.25) is 0 Å². The van der Waals surface area contributed by atoms with Crippen LogP contribution in [0.5, 0.6) is 11.5 Å². The van der Waals surface area contributed by atoms with E-state index in [0.29, 0.717) is 24.2 Å². The van der Waals surface area contributed by atoms with E-state index in [2.05, 4.69) is 11.6 Å². The third-order valence-electron chi connectivity index (χ3n) is 6.07. The standard InChI is InChI=1S/C24H24F6N2O2/c1-14(2)13-33-21-9-15(23(25,26)27)3-7-20(21)34-19-10-17-5-6-18(11-19)32(17)22-8-4-16(12-31-22)24(28,29)30/h3-4,7-9,12,17-19H,1,5-6,10-11,13H2,2H3/t17-,18+,19?. The van der Waals surface area contributed by atoms with Gasteiger partial charge in [-0.15, -0.1) is 0 Å². The lowest BCUT2D eigenvalue weighted by molar-refractivity contribution is -0.138. The summed E-state index contributed by atoms with van der Waals surface area (Å²) in [6, 6.07) is 5.59. The molecule has 2 aliphatic rings. The summed E-state index contributed by atoms with van der Waals surface area (Å²) in [6.07, 6.45) is -5.59. The number of alkyl halides is 6. The van der Waals surface area contributed by atoms with Crippen molar-refractivity contribution in [3.8, 4) is 11.5 Å². The van der Waals surface area contributed by atoms with Gasteiger partial charge in [0.25, 0.3) is 0 Å². The minimum absolute atomic E-state index is 0.00277. The molecule has 2 fully saturated rings. The fraction of sp³-hybridized carbons (Fsp3) is 0.458. The maximum Gasteiger partial charge on any atom is 0.417 e. The Labute approximate surface area is 193 Å². The van der Waals surface area contributed by atoms with Gasteiger partial charge in [-0.2, -0.15) is 26.3 Å². The third-order valence-corrected chi connectivity index (χ3v) is 6.07. The molecule has 1 aromatic carbocycles. The number of halogens is 6. The molecular formula is C24H24F6N2O2.